The number of nitrogens with zero attached hydrogens (tertiary/aromatic N) is 4. The molecule has 0 bridgehead atoms. The molecule has 2 atom stereocenters. The molecule has 7 nitrogen and oxygen atoms in total. The zero-order chi connectivity index (χ0) is 14.1. The van der Waals surface area contributed by atoms with Gasteiger partial charge in [-0.05, 0) is 33.4 Å². The number of likely N-dealkylation sites (N-methyl/N-ethyl adjacent to an activating group) is 1. The summed E-state index contributed by atoms with van der Waals surface area (Å²) in [6, 6.07) is 0.464. The molecule has 0 aromatic carbocycles. The fourth-order valence-electron chi connectivity index (χ4n) is 2.73. The summed E-state index contributed by atoms with van der Waals surface area (Å²) in [5.74, 6) is 0.594. The minimum absolute atomic E-state index is 0.107. The summed E-state index contributed by atoms with van der Waals surface area (Å²) in [4.78, 5) is 20.7. The second-order valence-electron chi connectivity index (χ2n) is 5.69. The molecule has 0 aliphatic carbocycles. The van der Waals surface area contributed by atoms with Gasteiger partial charge in [0.05, 0.1) is 6.04 Å². The molecule has 1 aromatic rings. The average Bonchev–Trinajstić information content (AvgIpc) is 3.11. The largest absolute Gasteiger partial charge is 0.337 e. The van der Waals surface area contributed by atoms with Gasteiger partial charge in [0.2, 0.25) is 5.89 Å². The molecule has 0 spiro atoms. The van der Waals surface area contributed by atoms with Crippen molar-refractivity contribution in [2.75, 3.05) is 33.2 Å². The topological polar surface area (TPSA) is 74.5 Å². The highest BCUT2D eigenvalue weighted by Crippen LogP contribution is 2.21. The van der Waals surface area contributed by atoms with E-state index in [1.807, 2.05) is 0 Å². The van der Waals surface area contributed by atoms with Crippen molar-refractivity contribution in [1.29, 1.82) is 0 Å². The van der Waals surface area contributed by atoms with E-state index in [0.29, 0.717) is 25.0 Å². The number of nitrogens with one attached hydrogen (secondary N) is 1. The predicted octanol–water partition coefficient (Wildman–Crippen LogP) is 0.270. The number of aromatic nitrogens is 2. The minimum Gasteiger partial charge on any atom is -0.337 e. The SMILES string of the molecule is CC1CN(C(=O)c2noc(C3CCCN3)n2)CCN1C. The first-order valence-corrected chi connectivity index (χ1v) is 7.21. The van der Waals surface area contributed by atoms with Crippen molar-refractivity contribution in [1.82, 2.24) is 25.3 Å². The highest BCUT2D eigenvalue weighted by molar-refractivity contribution is 5.90. The van der Waals surface area contributed by atoms with E-state index in [-0.39, 0.29) is 17.8 Å². The Kier molecular flexibility index (Phi) is 3.71. The van der Waals surface area contributed by atoms with Gasteiger partial charge < -0.3 is 19.6 Å². The van der Waals surface area contributed by atoms with Crippen LogP contribution in [-0.4, -0.2) is 65.1 Å². The molecule has 0 saturated carbocycles. The smallest absolute Gasteiger partial charge is 0.295 e. The Morgan fingerprint density at radius 3 is 3.00 bits per heavy atom. The number of piperazine rings is 1. The van der Waals surface area contributed by atoms with Crippen molar-refractivity contribution < 1.29 is 9.32 Å². The van der Waals surface area contributed by atoms with E-state index in [4.69, 9.17) is 4.52 Å². The van der Waals surface area contributed by atoms with Gasteiger partial charge in [0.25, 0.3) is 11.7 Å². The molecule has 1 amide bonds. The molecule has 20 heavy (non-hydrogen) atoms. The van der Waals surface area contributed by atoms with Crippen molar-refractivity contribution in [2.24, 2.45) is 0 Å². The first kappa shape index (κ1) is 13.5. The number of rotatable bonds is 2. The maximum atomic E-state index is 12.4. The van der Waals surface area contributed by atoms with E-state index < -0.39 is 0 Å². The molecule has 7 heteroatoms. The Hall–Kier alpha value is -1.47. The van der Waals surface area contributed by atoms with Crippen LogP contribution < -0.4 is 5.32 Å². The lowest BCUT2D eigenvalue weighted by Crippen LogP contribution is -2.52. The molecule has 2 aliphatic heterocycles. The Morgan fingerprint density at radius 2 is 2.30 bits per heavy atom. The van der Waals surface area contributed by atoms with Crippen LogP contribution in [0.3, 0.4) is 0 Å². The normalized spacial score (nSPS) is 28.0. The number of carbonyl (C=O) groups excluding carboxylic acids is 1. The van der Waals surface area contributed by atoms with Crippen LogP contribution in [0, 0.1) is 0 Å². The number of hydrogen-bond acceptors (Lipinski definition) is 6. The highest BCUT2D eigenvalue weighted by Gasteiger charge is 2.29. The van der Waals surface area contributed by atoms with Gasteiger partial charge in [-0.2, -0.15) is 4.98 Å². The van der Waals surface area contributed by atoms with Gasteiger partial charge in [-0.15, -0.1) is 0 Å². The van der Waals surface area contributed by atoms with Gasteiger partial charge >= 0.3 is 0 Å². The maximum Gasteiger partial charge on any atom is 0.295 e. The molecule has 2 aliphatic rings. The van der Waals surface area contributed by atoms with Gasteiger partial charge in [-0.3, -0.25) is 4.79 Å². The zero-order valence-electron chi connectivity index (χ0n) is 12.0. The monoisotopic (exact) mass is 279 g/mol. The summed E-state index contributed by atoms with van der Waals surface area (Å²) in [6.45, 7) is 5.38. The third-order valence-electron chi connectivity index (χ3n) is 4.24. The second kappa shape index (κ2) is 5.49. The molecular weight excluding hydrogens is 258 g/mol. The summed E-state index contributed by atoms with van der Waals surface area (Å²) < 4.78 is 5.23. The Labute approximate surface area is 118 Å². The molecule has 3 rings (SSSR count). The van der Waals surface area contributed by atoms with Crippen molar-refractivity contribution in [3.8, 4) is 0 Å². The Balaban J connectivity index is 1.68. The summed E-state index contributed by atoms with van der Waals surface area (Å²) in [6.07, 6.45) is 2.09. The zero-order valence-corrected chi connectivity index (χ0v) is 12.0. The average molecular weight is 279 g/mol. The highest BCUT2D eigenvalue weighted by atomic mass is 16.5. The predicted molar refractivity (Wildman–Crippen MR) is 72.3 cm³/mol. The summed E-state index contributed by atoms with van der Waals surface area (Å²) >= 11 is 0. The van der Waals surface area contributed by atoms with E-state index in [1.54, 1.807) is 4.90 Å². The summed E-state index contributed by atoms with van der Waals surface area (Å²) in [7, 11) is 2.07. The van der Waals surface area contributed by atoms with Gasteiger partial charge in [-0.1, -0.05) is 5.16 Å². The van der Waals surface area contributed by atoms with Crippen LogP contribution in [-0.2, 0) is 0 Å². The lowest BCUT2D eigenvalue weighted by Gasteiger charge is -2.37. The van der Waals surface area contributed by atoms with Crippen LogP contribution in [0.1, 0.15) is 42.3 Å². The fraction of sp³-hybridized carbons (Fsp3) is 0.769. The molecule has 3 heterocycles. The first-order chi connectivity index (χ1) is 9.65. The van der Waals surface area contributed by atoms with Crippen molar-refractivity contribution in [3.05, 3.63) is 11.7 Å². The maximum absolute atomic E-state index is 12.4. The molecule has 1 aromatic heterocycles. The van der Waals surface area contributed by atoms with E-state index in [1.165, 1.54) is 0 Å². The van der Waals surface area contributed by atoms with E-state index >= 15 is 0 Å². The molecule has 110 valence electrons. The van der Waals surface area contributed by atoms with Gasteiger partial charge in [0, 0.05) is 25.7 Å². The van der Waals surface area contributed by atoms with Crippen molar-refractivity contribution in [2.45, 2.75) is 31.8 Å². The number of carbonyl (C=O) groups is 1. The van der Waals surface area contributed by atoms with Crippen LogP contribution in [0.2, 0.25) is 0 Å². The van der Waals surface area contributed by atoms with E-state index in [0.717, 1.165) is 25.9 Å². The molecule has 0 radical (unpaired) electrons. The Morgan fingerprint density at radius 1 is 1.45 bits per heavy atom. The molecule has 2 fully saturated rings. The van der Waals surface area contributed by atoms with Crippen molar-refractivity contribution in [3.63, 3.8) is 0 Å². The lowest BCUT2D eigenvalue weighted by atomic mass is 10.2. The van der Waals surface area contributed by atoms with Crippen LogP contribution in [0.4, 0.5) is 0 Å². The number of hydrogen-bond donors (Lipinski definition) is 1. The lowest BCUT2D eigenvalue weighted by molar-refractivity contribution is 0.0558. The van der Waals surface area contributed by atoms with Gasteiger partial charge in [0.1, 0.15) is 0 Å². The molecule has 1 N–H and O–H groups in total. The van der Waals surface area contributed by atoms with E-state index in [9.17, 15) is 4.79 Å². The van der Waals surface area contributed by atoms with Gasteiger partial charge in [-0.25, -0.2) is 0 Å². The van der Waals surface area contributed by atoms with Crippen LogP contribution in [0.5, 0.6) is 0 Å². The fourth-order valence-corrected chi connectivity index (χ4v) is 2.73. The third kappa shape index (κ3) is 2.55. The van der Waals surface area contributed by atoms with Crippen LogP contribution in [0.15, 0.2) is 4.52 Å². The molecular formula is C13H21N5O2. The molecule has 2 unspecified atom stereocenters. The van der Waals surface area contributed by atoms with Gasteiger partial charge in [0.15, 0.2) is 0 Å². The summed E-state index contributed by atoms with van der Waals surface area (Å²) in [5.41, 5.74) is 0. The molecule has 2 saturated heterocycles. The first-order valence-electron chi connectivity index (χ1n) is 7.21. The van der Waals surface area contributed by atoms with Crippen LogP contribution >= 0.6 is 0 Å². The van der Waals surface area contributed by atoms with Crippen LogP contribution in [0.25, 0.3) is 0 Å². The standard InChI is InChI=1S/C13H21N5O2/c1-9-8-18(7-6-17(9)2)13(19)11-15-12(20-16-11)10-4-3-5-14-10/h9-10,14H,3-8H2,1-2H3. The second-order valence-corrected chi connectivity index (χ2v) is 5.69. The summed E-state index contributed by atoms with van der Waals surface area (Å²) in [5, 5.41) is 7.14. The quantitative estimate of drug-likeness (QED) is 0.837. The third-order valence-corrected chi connectivity index (χ3v) is 4.24. The van der Waals surface area contributed by atoms with E-state index in [2.05, 4.69) is 34.3 Å². The number of amides is 1. The Bertz CT molecular complexity index is 483. The van der Waals surface area contributed by atoms with Crippen molar-refractivity contribution >= 4 is 5.91 Å². The minimum atomic E-state index is -0.127.